The van der Waals surface area contributed by atoms with E-state index in [2.05, 4.69) is 29.4 Å². The number of carbonyl (C=O) groups is 5. The second kappa shape index (κ2) is 10.9. The molecule has 4 amide bonds. The van der Waals surface area contributed by atoms with Crippen LogP contribution in [0.15, 0.2) is 0 Å². The summed E-state index contributed by atoms with van der Waals surface area (Å²) in [5.74, 6) is -2.28. The first kappa shape index (κ1) is 22.8. The number of nitrogens with one attached hydrogen (secondary N) is 2. The maximum Gasteiger partial charge on any atom is 0.334 e. The summed E-state index contributed by atoms with van der Waals surface area (Å²) in [6, 6.07) is 0.748. The van der Waals surface area contributed by atoms with Crippen LogP contribution in [0.3, 0.4) is 0 Å². The Bertz CT molecular complexity index is 627. The predicted molar refractivity (Wildman–Crippen MR) is 102 cm³/mol. The predicted octanol–water partition coefficient (Wildman–Crippen LogP) is -0.131. The van der Waals surface area contributed by atoms with E-state index >= 15 is 0 Å². The average molecular weight is 415 g/mol. The van der Waals surface area contributed by atoms with E-state index < -0.39 is 17.8 Å². The fourth-order valence-corrected chi connectivity index (χ4v) is 3.52. The number of piperidine rings is 1. The fourth-order valence-electron chi connectivity index (χ4n) is 3.52. The Hall–Kier alpha value is -2.49. The van der Waals surface area contributed by atoms with E-state index in [1.54, 1.807) is 0 Å². The minimum Gasteiger partial charge on any atom is -0.355 e. The van der Waals surface area contributed by atoms with Crippen LogP contribution in [0.25, 0.3) is 0 Å². The molecule has 0 spiro atoms. The minimum absolute atomic E-state index is 0.0185. The summed E-state index contributed by atoms with van der Waals surface area (Å²) in [6.45, 7) is 4.80. The molecule has 2 N–H and O–H groups in total. The van der Waals surface area contributed by atoms with Gasteiger partial charge in [0.2, 0.25) is 11.8 Å². The average Bonchev–Trinajstić information content (AvgIpc) is 2.97. The number of hydrogen-bond donors (Lipinski definition) is 2. The van der Waals surface area contributed by atoms with Crippen molar-refractivity contribution in [1.29, 1.82) is 0 Å². The topological polar surface area (TPSA) is 125 Å². The highest BCUT2D eigenvalue weighted by Gasteiger charge is 2.32. The molecule has 10 nitrogen and oxygen atoms in total. The second-order valence-electron chi connectivity index (χ2n) is 7.55. The summed E-state index contributed by atoms with van der Waals surface area (Å²) in [6.07, 6.45) is 3.34. The second-order valence-corrected chi connectivity index (χ2v) is 7.55. The third-order valence-corrected chi connectivity index (χ3v) is 5.23. The number of hydrogen-bond acceptors (Lipinski definition) is 7. The summed E-state index contributed by atoms with van der Waals surface area (Å²) < 4.78 is 0. The number of rotatable bonds is 9. The molecule has 2 aliphatic rings. The van der Waals surface area contributed by atoms with E-state index in [0.717, 1.165) is 12.8 Å². The first-order chi connectivity index (χ1) is 13.8. The van der Waals surface area contributed by atoms with E-state index in [1.807, 2.05) is 0 Å². The normalized spacial score (nSPS) is 22.5. The lowest BCUT2D eigenvalue weighted by Gasteiger charge is -2.38. The number of nitrogens with zero attached hydrogens (tertiary/aromatic N) is 2. The van der Waals surface area contributed by atoms with Crippen LogP contribution in [0.1, 0.15) is 58.8 Å². The molecule has 2 heterocycles. The van der Waals surface area contributed by atoms with Gasteiger partial charge in [-0.3, -0.25) is 24.1 Å². The highest BCUT2D eigenvalue weighted by molar-refractivity contribution is 6.01. The van der Waals surface area contributed by atoms with Gasteiger partial charge >= 0.3 is 5.97 Å². The lowest BCUT2D eigenvalue weighted by atomic mass is 9.98. The Balaban J connectivity index is 1.56. The molecule has 162 valence electrons. The van der Waals surface area contributed by atoms with E-state index in [1.165, 1.54) is 6.42 Å². The number of amides is 4. The summed E-state index contributed by atoms with van der Waals surface area (Å²) in [7, 11) is 0. The van der Waals surface area contributed by atoms with Crippen molar-refractivity contribution in [3.8, 4) is 0 Å². The zero-order valence-corrected chi connectivity index (χ0v) is 17.1. The molecule has 2 fully saturated rings. The van der Waals surface area contributed by atoms with E-state index in [0.29, 0.717) is 23.7 Å². The molecule has 29 heavy (non-hydrogen) atoms. The summed E-state index contributed by atoms with van der Waals surface area (Å²) in [4.78, 5) is 65.1. The van der Waals surface area contributed by atoms with Gasteiger partial charge in [0, 0.05) is 44.4 Å². The SMILES string of the molecule is CC1CCCC(C)N1C[13C](=O)N[13CH2][13CH2][13C](=O)[15NH]CCC(=O)ON1C(=O)CCC1=O. The Kier molecular flexibility index (Phi) is 8.56. The van der Waals surface area contributed by atoms with Gasteiger partial charge in [-0.25, -0.2) is 4.79 Å². The highest BCUT2D eigenvalue weighted by Crippen LogP contribution is 2.21. The van der Waals surface area contributed by atoms with Crippen LogP contribution >= 0.6 is 0 Å². The molecular weight excluding hydrogens is 385 g/mol. The number of imide groups is 1. The molecular formula is C19H30N4O6. The van der Waals surface area contributed by atoms with Crippen molar-refractivity contribution in [3.63, 3.8) is 0 Å². The monoisotopic (exact) mass is 415 g/mol. The van der Waals surface area contributed by atoms with Gasteiger partial charge in [0.15, 0.2) is 0 Å². The molecule has 0 bridgehead atoms. The fraction of sp³-hybridized carbons (Fsp3) is 0.737. The van der Waals surface area contributed by atoms with Gasteiger partial charge in [-0.1, -0.05) is 6.42 Å². The molecule has 0 aromatic carbocycles. The Labute approximate surface area is 170 Å². The Morgan fingerprint density at radius 2 is 1.48 bits per heavy atom. The van der Waals surface area contributed by atoms with Crippen LogP contribution in [-0.2, 0) is 28.8 Å². The molecule has 2 atom stereocenters. The quantitative estimate of drug-likeness (QED) is 0.305. The van der Waals surface area contributed by atoms with E-state index in [-0.39, 0.29) is 50.6 Å². The molecule has 0 aromatic rings. The van der Waals surface area contributed by atoms with Gasteiger partial charge in [0.25, 0.3) is 11.8 Å². The minimum atomic E-state index is -0.771. The summed E-state index contributed by atoms with van der Waals surface area (Å²) in [5, 5.41) is 5.76. The maximum atomic E-state index is 12.1. The van der Waals surface area contributed by atoms with Gasteiger partial charge in [-0.15, -0.1) is 5.06 Å². The number of hydroxylamine groups is 2. The smallest absolute Gasteiger partial charge is 0.334 e. The Morgan fingerprint density at radius 3 is 2.10 bits per heavy atom. The summed E-state index contributed by atoms with van der Waals surface area (Å²) in [5.41, 5.74) is 0. The largest absolute Gasteiger partial charge is 0.355 e. The third-order valence-electron chi connectivity index (χ3n) is 5.23. The summed E-state index contributed by atoms with van der Waals surface area (Å²) >= 11 is 0. The van der Waals surface area contributed by atoms with Crippen molar-refractivity contribution >= 4 is 29.6 Å². The molecule has 10 heteroatoms. The molecule has 0 aliphatic carbocycles. The first-order valence-corrected chi connectivity index (χ1v) is 10.1. The Morgan fingerprint density at radius 1 is 0.931 bits per heavy atom. The van der Waals surface area contributed by atoms with Crippen LogP contribution in [0, 0.1) is 0 Å². The molecule has 0 aromatic heterocycles. The van der Waals surface area contributed by atoms with Crippen molar-refractivity contribution in [3.05, 3.63) is 0 Å². The standard InChI is InChI=1S/C19H30N4O6/c1-13-4-3-5-14(2)22(13)12-16(25)21-10-8-15(24)20-11-9-19(28)29-23-17(26)6-7-18(23)27/h13-14H,3-12H2,1-2H3,(H,20,24)(H,21,25)/i8+1,10+1,15+1,16+1,20+1. The van der Waals surface area contributed by atoms with Crippen molar-refractivity contribution in [2.24, 2.45) is 0 Å². The van der Waals surface area contributed by atoms with Gasteiger partial charge in [0.1, 0.15) is 0 Å². The number of likely N-dealkylation sites (tertiary alicyclic amines) is 1. The molecule has 0 radical (unpaired) electrons. The lowest BCUT2D eigenvalue weighted by Crippen LogP contribution is -2.49. The van der Waals surface area contributed by atoms with Gasteiger partial charge in [-0.05, 0) is 26.7 Å². The molecule has 0 saturated carbocycles. The maximum absolute atomic E-state index is 12.1. The van der Waals surface area contributed by atoms with Crippen molar-refractivity contribution in [1.82, 2.24) is 20.6 Å². The number of carbonyl (C=O) groups excluding carboxylic acids is 5. The van der Waals surface area contributed by atoms with Gasteiger partial charge < -0.3 is 15.5 Å². The van der Waals surface area contributed by atoms with Crippen LogP contribution in [0.2, 0.25) is 0 Å². The van der Waals surface area contributed by atoms with Crippen molar-refractivity contribution in [2.75, 3.05) is 19.6 Å². The van der Waals surface area contributed by atoms with E-state index in [4.69, 9.17) is 4.84 Å². The molecule has 2 saturated heterocycles. The molecule has 2 unspecified atom stereocenters. The molecule has 2 aliphatic heterocycles. The van der Waals surface area contributed by atoms with Crippen LogP contribution in [0.4, 0.5) is 0 Å². The zero-order valence-electron chi connectivity index (χ0n) is 17.1. The van der Waals surface area contributed by atoms with E-state index in [9.17, 15) is 24.0 Å². The van der Waals surface area contributed by atoms with Gasteiger partial charge in [0.05, 0.1) is 13.0 Å². The van der Waals surface area contributed by atoms with Crippen molar-refractivity contribution < 1.29 is 28.8 Å². The third kappa shape index (κ3) is 7.12. The van der Waals surface area contributed by atoms with Gasteiger partial charge in [-0.2, -0.15) is 0 Å². The molecule has 2 rings (SSSR count). The highest BCUT2D eigenvalue weighted by atomic mass is 16.7. The van der Waals surface area contributed by atoms with Crippen LogP contribution < -0.4 is 10.6 Å². The lowest BCUT2D eigenvalue weighted by molar-refractivity contribution is -0.197. The van der Waals surface area contributed by atoms with Crippen molar-refractivity contribution in [2.45, 2.75) is 70.9 Å². The zero-order chi connectivity index (χ0) is 21.4. The van der Waals surface area contributed by atoms with Crippen LogP contribution in [-0.4, -0.2) is 71.3 Å². The van der Waals surface area contributed by atoms with Crippen LogP contribution in [0.5, 0.6) is 0 Å². The first-order valence-electron chi connectivity index (χ1n) is 10.1.